The summed E-state index contributed by atoms with van der Waals surface area (Å²) in [6.07, 6.45) is 4.73. The van der Waals surface area contributed by atoms with E-state index in [1.807, 2.05) is 11.8 Å². The lowest BCUT2D eigenvalue weighted by atomic mass is 9.73. The molecule has 1 aromatic rings. The fraction of sp³-hybridized carbons (Fsp3) is 0.667. The van der Waals surface area contributed by atoms with Gasteiger partial charge in [0.1, 0.15) is 5.75 Å². The molecule has 26 heavy (non-hydrogen) atoms. The molecule has 1 atom stereocenters. The van der Waals surface area contributed by atoms with E-state index in [0.29, 0.717) is 26.0 Å². The van der Waals surface area contributed by atoms with Crippen LogP contribution in [-0.2, 0) is 11.3 Å². The molecule has 0 bridgehead atoms. The van der Waals surface area contributed by atoms with Crippen molar-refractivity contribution in [2.24, 2.45) is 5.41 Å². The molecular formula is C21H32N2O3. The highest BCUT2D eigenvalue weighted by molar-refractivity contribution is 5.77. The Kier molecular flexibility index (Phi) is 6.54. The van der Waals surface area contributed by atoms with Gasteiger partial charge in [0, 0.05) is 44.6 Å². The zero-order valence-electron chi connectivity index (χ0n) is 16.0. The lowest BCUT2D eigenvalue weighted by Crippen LogP contribution is -2.54. The molecule has 144 valence electrons. The lowest BCUT2D eigenvalue weighted by Gasteiger charge is -2.48. The molecule has 5 nitrogen and oxygen atoms in total. The molecule has 3 rings (SSSR count). The Morgan fingerprint density at radius 1 is 1.19 bits per heavy atom. The van der Waals surface area contributed by atoms with Crippen molar-refractivity contribution in [2.45, 2.75) is 45.6 Å². The Morgan fingerprint density at radius 2 is 2.00 bits per heavy atom. The van der Waals surface area contributed by atoms with Gasteiger partial charge in [-0.25, -0.2) is 0 Å². The van der Waals surface area contributed by atoms with Gasteiger partial charge >= 0.3 is 0 Å². The maximum Gasteiger partial charge on any atom is 0.222 e. The molecule has 1 spiro atoms. The van der Waals surface area contributed by atoms with Gasteiger partial charge < -0.3 is 14.7 Å². The lowest BCUT2D eigenvalue weighted by molar-refractivity contribution is -0.139. The molecule has 0 aliphatic carbocycles. The van der Waals surface area contributed by atoms with Crippen LogP contribution in [0.5, 0.6) is 5.75 Å². The van der Waals surface area contributed by atoms with Crippen LogP contribution in [0.15, 0.2) is 24.3 Å². The first kappa shape index (κ1) is 19.2. The van der Waals surface area contributed by atoms with Gasteiger partial charge in [0.25, 0.3) is 0 Å². The topological polar surface area (TPSA) is 53.0 Å². The third-order valence-electron chi connectivity index (χ3n) is 5.72. The van der Waals surface area contributed by atoms with E-state index in [-0.39, 0.29) is 17.9 Å². The number of likely N-dealkylation sites (tertiary alicyclic amines) is 2. The van der Waals surface area contributed by atoms with E-state index < -0.39 is 0 Å². The van der Waals surface area contributed by atoms with Gasteiger partial charge in [0.15, 0.2) is 0 Å². The summed E-state index contributed by atoms with van der Waals surface area (Å²) in [5.41, 5.74) is 1.54. The van der Waals surface area contributed by atoms with Gasteiger partial charge in [0.05, 0.1) is 6.61 Å². The van der Waals surface area contributed by atoms with Crippen molar-refractivity contribution in [3.63, 3.8) is 0 Å². The van der Waals surface area contributed by atoms with Crippen molar-refractivity contribution in [3.8, 4) is 5.75 Å². The maximum absolute atomic E-state index is 12.2. The van der Waals surface area contributed by atoms with Crippen molar-refractivity contribution in [1.82, 2.24) is 9.80 Å². The number of nitrogens with zero attached hydrogens (tertiary/aromatic N) is 2. The number of benzene rings is 1. The molecule has 0 saturated carbocycles. The van der Waals surface area contributed by atoms with Crippen LogP contribution in [0, 0.1) is 5.41 Å². The molecule has 2 saturated heterocycles. The van der Waals surface area contributed by atoms with Gasteiger partial charge in [-0.1, -0.05) is 12.1 Å². The highest BCUT2D eigenvalue weighted by atomic mass is 16.5. The summed E-state index contributed by atoms with van der Waals surface area (Å²) >= 11 is 0. The number of aliphatic hydroxyl groups is 1. The smallest absolute Gasteiger partial charge is 0.222 e. The van der Waals surface area contributed by atoms with Gasteiger partial charge in [-0.05, 0) is 56.8 Å². The molecule has 0 unspecified atom stereocenters. The van der Waals surface area contributed by atoms with Crippen LogP contribution < -0.4 is 4.74 Å². The minimum absolute atomic E-state index is 0.153. The first-order valence-electron chi connectivity index (χ1n) is 9.97. The van der Waals surface area contributed by atoms with Crippen LogP contribution in [0.4, 0.5) is 0 Å². The van der Waals surface area contributed by atoms with Crippen molar-refractivity contribution < 1.29 is 14.6 Å². The fourth-order valence-corrected chi connectivity index (χ4v) is 4.46. The number of carbonyl (C=O) groups excluding carboxylic acids is 1. The Labute approximate surface area is 156 Å². The van der Waals surface area contributed by atoms with Crippen molar-refractivity contribution in [1.29, 1.82) is 0 Å². The third kappa shape index (κ3) is 4.77. The van der Waals surface area contributed by atoms with Crippen LogP contribution in [-0.4, -0.2) is 60.2 Å². The normalized spacial score (nSPS) is 24.2. The second kappa shape index (κ2) is 8.87. The minimum Gasteiger partial charge on any atom is -0.494 e. The number of ether oxygens (including phenoxy) is 1. The largest absolute Gasteiger partial charge is 0.494 e. The van der Waals surface area contributed by atoms with E-state index in [9.17, 15) is 4.79 Å². The number of hydrogen-bond donors (Lipinski definition) is 1. The number of carbonyl (C=O) groups is 1. The summed E-state index contributed by atoms with van der Waals surface area (Å²) in [7, 11) is 0. The monoisotopic (exact) mass is 360 g/mol. The molecule has 1 N–H and O–H groups in total. The van der Waals surface area contributed by atoms with Crippen LogP contribution in [0.25, 0.3) is 0 Å². The molecule has 2 fully saturated rings. The molecular weight excluding hydrogens is 328 g/mol. The average molecular weight is 360 g/mol. The first-order valence-corrected chi connectivity index (χ1v) is 9.97. The summed E-state index contributed by atoms with van der Waals surface area (Å²) in [5.74, 6) is 1.18. The molecule has 0 radical (unpaired) electrons. The average Bonchev–Trinajstić information content (AvgIpc) is 2.65. The first-order chi connectivity index (χ1) is 12.6. The number of hydrogen-bond acceptors (Lipinski definition) is 4. The summed E-state index contributed by atoms with van der Waals surface area (Å²) in [6, 6.07) is 8.41. The zero-order chi connectivity index (χ0) is 18.4. The van der Waals surface area contributed by atoms with Gasteiger partial charge in [-0.3, -0.25) is 9.69 Å². The van der Waals surface area contributed by atoms with Gasteiger partial charge in [0.2, 0.25) is 5.91 Å². The van der Waals surface area contributed by atoms with E-state index in [4.69, 9.17) is 9.84 Å². The zero-order valence-corrected chi connectivity index (χ0v) is 16.0. The van der Waals surface area contributed by atoms with E-state index in [0.717, 1.165) is 38.3 Å². The second-order valence-electron chi connectivity index (χ2n) is 7.78. The van der Waals surface area contributed by atoms with E-state index in [1.165, 1.54) is 18.4 Å². The van der Waals surface area contributed by atoms with E-state index in [1.54, 1.807) is 0 Å². The predicted octanol–water partition coefficient (Wildman–Crippen LogP) is 2.67. The number of rotatable bonds is 7. The quantitative estimate of drug-likeness (QED) is 0.812. The fourth-order valence-electron chi connectivity index (χ4n) is 4.46. The molecule has 5 heteroatoms. The summed E-state index contributed by atoms with van der Waals surface area (Å²) in [5, 5.41) is 9.09. The molecule has 2 aliphatic heterocycles. The van der Waals surface area contributed by atoms with E-state index in [2.05, 4.69) is 29.2 Å². The molecule has 2 aliphatic rings. The predicted molar refractivity (Wildman–Crippen MR) is 102 cm³/mol. The summed E-state index contributed by atoms with van der Waals surface area (Å²) in [4.78, 5) is 16.7. The Hall–Kier alpha value is -1.59. The van der Waals surface area contributed by atoms with Crippen molar-refractivity contribution >= 4 is 5.91 Å². The van der Waals surface area contributed by atoms with Crippen LogP contribution in [0.2, 0.25) is 0 Å². The number of aliphatic hydroxyl groups excluding tert-OH is 1. The molecule has 1 aromatic carbocycles. The van der Waals surface area contributed by atoms with Gasteiger partial charge in [-0.15, -0.1) is 0 Å². The van der Waals surface area contributed by atoms with Crippen molar-refractivity contribution in [3.05, 3.63) is 29.8 Å². The minimum atomic E-state index is 0.153. The van der Waals surface area contributed by atoms with Crippen LogP contribution >= 0.6 is 0 Å². The highest BCUT2D eigenvalue weighted by Gasteiger charge is 2.41. The molecule has 2 heterocycles. The third-order valence-corrected chi connectivity index (χ3v) is 5.72. The Balaban J connectivity index is 1.60. The Morgan fingerprint density at radius 3 is 2.73 bits per heavy atom. The van der Waals surface area contributed by atoms with Crippen LogP contribution in [0.3, 0.4) is 0 Å². The van der Waals surface area contributed by atoms with Crippen molar-refractivity contribution in [2.75, 3.05) is 39.4 Å². The van der Waals surface area contributed by atoms with Gasteiger partial charge in [-0.2, -0.15) is 0 Å². The summed E-state index contributed by atoms with van der Waals surface area (Å²) in [6.45, 7) is 7.53. The standard InChI is InChI=1S/C21H32N2O3/c1-2-26-19-7-5-18(6-8-19)15-22-12-3-10-21(16-22)11-9-20(25)23(17-21)13-4-14-24/h5-8,24H,2-4,9-17H2,1H3/t21-/m1/s1. The second-order valence-corrected chi connectivity index (χ2v) is 7.78. The van der Waals surface area contributed by atoms with Crippen LogP contribution in [0.1, 0.15) is 44.6 Å². The van der Waals surface area contributed by atoms with E-state index >= 15 is 0 Å². The maximum atomic E-state index is 12.2. The Bertz CT molecular complexity index is 589. The highest BCUT2D eigenvalue weighted by Crippen LogP contribution is 2.39. The summed E-state index contributed by atoms with van der Waals surface area (Å²) < 4.78 is 5.53. The SMILES string of the molecule is CCOc1ccc(CN2CCC[C@@]3(CCC(=O)N(CCCO)C3)C2)cc1. The molecule has 1 amide bonds. The number of piperidine rings is 2. The number of amides is 1. The molecule has 0 aromatic heterocycles.